The van der Waals surface area contributed by atoms with Crippen LogP contribution in [-0.4, -0.2) is 46.0 Å². The second-order valence-electron chi connectivity index (χ2n) is 5.84. The maximum absolute atomic E-state index is 12.3. The number of ether oxygens (including phenoxy) is 1. The van der Waals surface area contributed by atoms with Crippen molar-refractivity contribution in [3.8, 4) is 0 Å². The topological polar surface area (TPSA) is 103 Å². The fraction of sp³-hybridized carbons (Fsp3) is 0.211. The molecule has 1 N–H and O–H groups in total. The van der Waals surface area contributed by atoms with Crippen molar-refractivity contribution in [2.45, 2.75) is 6.54 Å². The fourth-order valence-corrected chi connectivity index (χ4v) is 4.76. The SMILES string of the molecule is C=CCn1c(=NC(=O)CSCC(=O)Nc2nccs2)sc2cc(C(=O)OC)ccc21. The van der Waals surface area contributed by atoms with E-state index in [-0.39, 0.29) is 23.3 Å². The van der Waals surface area contributed by atoms with Crippen molar-refractivity contribution in [3.63, 3.8) is 0 Å². The lowest BCUT2D eigenvalue weighted by Gasteiger charge is -2.02. The van der Waals surface area contributed by atoms with E-state index in [4.69, 9.17) is 4.74 Å². The van der Waals surface area contributed by atoms with Gasteiger partial charge in [-0.15, -0.1) is 29.7 Å². The summed E-state index contributed by atoms with van der Waals surface area (Å²) in [4.78, 5) is 44.6. The second kappa shape index (κ2) is 10.3. The summed E-state index contributed by atoms with van der Waals surface area (Å²) in [7, 11) is 1.33. The van der Waals surface area contributed by atoms with Crippen molar-refractivity contribution >= 4 is 67.6 Å². The van der Waals surface area contributed by atoms with Crippen molar-refractivity contribution in [3.05, 3.63) is 52.8 Å². The van der Waals surface area contributed by atoms with E-state index in [1.54, 1.807) is 35.9 Å². The highest BCUT2D eigenvalue weighted by atomic mass is 32.2. The molecule has 3 aromatic rings. The number of anilines is 1. The number of aromatic nitrogens is 2. The van der Waals surface area contributed by atoms with E-state index in [1.807, 2.05) is 4.57 Å². The minimum absolute atomic E-state index is 0.0705. The second-order valence-corrected chi connectivity index (χ2v) is 8.73. The average Bonchev–Trinajstić information content (AvgIpc) is 3.35. The lowest BCUT2D eigenvalue weighted by atomic mass is 10.2. The van der Waals surface area contributed by atoms with Crippen LogP contribution in [0.2, 0.25) is 0 Å². The maximum atomic E-state index is 12.3. The molecule has 0 fully saturated rings. The number of rotatable bonds is 8. The number of nitrogens with one attached hydrogen (secondary N) is 1. The van der Waals surface area contributed by atoms with Crippen LogP contribution in [0.5, 0.6) is 0 Å². The molecule has 0 unspecified atom stereocenters. The molecule has 8 nitrogen and oxygen atoms in total. The minimum atomic E-state index is -0.428. The molecule has 2 amide bonds. The Labute approximate surface area is 184 Å². The third-order valence-corrected chi connectivity index (χ3v) is 6.42. The number of hydrogen-bond acceptors (Lipinski definition) is 8. The van der Waals surface area contributed by atoms with Gasteiger partial charge in [0.1, 0.15) is 0 Å². The lowest BCUT2D eigenvalue weighted by Crippen LogP contribution is -2.18. The summed E-state index contributed by atoms with van der Waals surface area (Å²) in [5, 5.41) is 4.96. The van der Waals surface area contributed by atoms with Crippen LogP contribution in [0.15, 0.2) is 47.4 Å². The highest BCUT2D eigenvalue weighted by molar-refractivity contribution is 8.00. The quantitative estimate of drug-likeness (QED) is 0.408. The van der Waals surface area contributed by atoms with Gasteiger partial charge in [0.15, 0.2) is 9.93 Å². The maximum Gasteiger partial charge on any atom is 0.337 e. The Morgan fingerprint density at radius 3 is 2.90 bits per heavy atom. The standard InChI is InChI=1S/C19H18N4O4S3/c1-3-7-23-13-5-4-12(17(26)27-2)9-14(13)30-19(23)22-16(25)11-28-10-15(24)21-18-20-6-8-29-18/h3-6,8-9H,1,7,10-11H2,2H3,(H,20,21,24). The average molecular weight is 463 g/mol. The van der Waals surface area contributed by atoms with Crippen LogP contribution >= 0.6 is 34.4 Å². The predicted molar refractivity (Wildman–Crippen MR) is 120 cm³/mol. The number of fused-ring (bicyclic) bond motifs is 1. The zero-order chi connectivity index (χ0) is 21.5. The Morgan fingerprint density at radius 1 is 1.37 bits per heavy atom. The fourth-order valence-electron chi connectivity index (χ4n) is 2.52. The molecule has 0 radical (unpaired) electrons. The normalized spacial score (nSPS) is 11.4. The van der Waals surface area contributed by atoms with E-state index in [0.717, 1.165) is 10.2 Å². The van der Waals surface area contributed by atoms with Crippen LogP contribution in [0.4, 0.5) is 5.13 Å². The first-order valence-corrected chi connectivity index (χ1v) is 11.5. The Hall–Kier alpha value is -2.76. The molecule has 0 saturated heterocycles. The van der Waals surface area contributed by atoms with Crippen molar-refractivity contribution in [2.24, 2.45) is 4.99 Å². The third kappa shape index (κ3) is 5.43. The number of nitrogens with zero attached hydrogens (tertiary/aromatic N) is 3. The van der Waals surface area contributed by atoms with Crippen molar-refractivity contribution in [2.75, 3.05) is 23.9 Å². The van der Waals surface area contributed by atoms with Gasteiger partial charge in [-0.2, -0.15) is 4.99 Å². The molecular formula is C19H18N4O4S3. The van der Waals surface area contributed by atoms with Gasteiger partial charge < -0.3 is 14.6 Å². The van der Waals surface area contributed by atoms with E-state index in [0.29, 0.717) is 22.0 Å². The molecule has 0 bridgehead atoms. The summed E-state index contributed by atoms with van der Waals surface area (Å²) in [5.41, 5.74) is 1.27. The largest absolute Gasteiger partial charge is 0.465 e. The van der Waals surface area contributed by atoms with Gasteiger partial charge >= 0.3 is 5.97 Å². The number of amides is 2. The highest BCUT2D eigenvalue weighted by Gasteiger charge is 2.12. The lowest BCUT2D eigenvalue weighted by molar-refractivity contribution is -0.115. The molecule has 0 spiro atoms. The number of allylic oxidation sites excluding steroid dienone is 1. The smallest absolute Gasteiger partial charge is 0.337 e. The van der Waals surface area contributed by atoms with Crippen LogP contribution in [0.3, 0.4) is 0 Å². The molecule has 0 atom stereocenters. The Bertz CT molecular complexity index is 1150. The summed E-state index contributed by atoms with van der Waals surface area (Å²) in [5.74, 6) is -0.799. The molecule has 0 aliphatic heterocycles. The molecule has 30 heavy (non-hydrogen) atoms. The third-order valence-electron chi connectivity index (χ3n) is 3.77. The number of esters is 1. The van der Waals surface area contributed by atoms with Gasteiger partial charge in [0.25, 0.3) is 5.91 Å². The summed E-state index contributed by atoms with van der Waals surface area (Å²) >= 11 is 3.81. The van der Waals surface area contributed by atoms with Gasteiger partial charge in [0.2, 0.25) is 5.91 Å². The first kappa shape index (κ1) is 21.9. The van der Waals surface area contributed by atoms with Crippen molar-refractivity contribution in [1.29, 1.82) is 0 Å². The van der Waals surface area contributed by atoms with E-state index >= 15 is 0 Å². The first-order valence-electron chi connectivity index (χ1n) is 8.69. The van der Waals surface area contributed by atoms with Crippen molar-refractivity contribution < 1.29 is 19.1 Å². The predicted octanol–water partition coefficient (Wildman–Crippen LogP) is 2.93. The Kier molecular flexibility index (Phi) is 7.55. The number of methoxy groups -OCH3 is 1. The summed E-state index contributed by atoms with van der Waals surface area (Å²) < 4.78 is 7.42. The monoisotopic (exact) mass is 462 g/mol. The number of hydrogen-bond donors (Lipinski definition) is 1. The molecule has 2 aromatic heterocycles. The van der Waals surface area contributed by atoms with Crippen LogP contribution in [0, 0.1) is 0 Å². The molecule has 156 valence electrons. The van der Waals surface area contributed by atoms with Crippen molar-refractivity contribution in [1.82, 2.24) is 9.55 Å². The Balaban J connectivity index is 1.72. The van der Waals surface area contributed by atoms with Crippen LogP contribution in [0.25, 0.3) is 10.2 Å². The number of benzene rings is 1. The van der Waals surface area contributed by atoms with Gasteiger partial charge in [-0.3, -0.25) is 9.59 Å². The zero-order valence-electron chi connectivity index (χ0n) is 16.0. The first-order chi connectivity index (χ1) is 14.5. The molecule has 1 aromatic carbocycles. The highest BCUT2D eigenvalue weighted by Crippen LogP contribution is 2.20. The van der Waals surface area contributed by atoms with E-state index < -0.39 is 5.97 Å². The summed E-state index contributed by atoms with van der Waals surface area (Å²) in [6.45, 7) is 4.22. The molecule has 0 aliphatic rings. The van der Waals surface area contributed by atoms with Crippen LogP contribution in [0.1, 0.15) is 10.4 Å². The van der Waals surface area contributed by atoms with Crippen LogP contribution in [-0.2, 0) is 20.9 Å². The number of carbonyl (C=O) groups is 3. The zero-order valence-corrected chi connectivity index (χ0v) is 18.4. The van der Waals surface area contributed by atoms with Gasteiger partial charge in [0, 0.05) is 18.1 Å². The molecule has 11 heteroatoms. The minimum Gasteiger partial charge on any atom is -0.465 e. The molecule has 3 rings (SSSR count). The summed E-state index contributed by atoms with van der Waals surface area (Å²) in [6, 6.07) is 5.18. The van der Waals surface area contributed by atoms with E-state index in [2.05, 4.69) is 21.9 Å². The van der Waals surface area contributed by atoms with Gasteiger partial charge in [-0.1, -0.05) is 17.4 Å². The van der Waals surface area contributed by atoms with Gasteiger partial charge in [-0.25, -0.2) is 9.78 Å². The molecule has 0 saturated carbocycles. The molecule has 0 aliphatic carbocycles. The van der Waals surface area contributed by atoms with Crippen LogP contribution < -0.4 is 10.1 Å². The molecule has 2 heterocycles. The van der Waals surface area contributed by atoms with Gasteiger partial charge in [-0.05, 0) is 18.2 Å². The van der Waals surface area contributed by atoms with E-state index in [1.165, 1.54) is 41.5 Å². The van der Waals surface area contributed by atoms with E-state index in [9.17, 15) is 14.4 Å². The number of thiazole rings is 2. The summed E-state index contributed by atoms with van der Waals surface area (Å²) in [6.07, 6.45) is 3.31. The Morgan fingerprint density at radius 2 is 2.20 bits per heavy atom. The van der Waals surface area contributed by atoms with Gasteiger partial charge in [0.05, 0.1) is 34.4 Å². The number of thioether (sulfide) groups is 1. The number of carbonyl (C=O) groups excluding carboxylic acids is 3. The molecular weight excluding hydrogens is 444 g/mol.